The number of hydrogen-bond donors (Lipinski definition) is 1. The molecular formula is C16H25N3. The van der Waals surface area contributed by atoms with E-state index in [-0.39, 0.29) is 0 Å². The molecule has 104 valence electrons. The molecule has 3 nitrogen and oxygen atoms in total. The van der Waals surface area contributed by atoms with Crippen molar-refractivity contribution in [1.29, 1.82) is 0 Å². The first-order valence-electron chi connectivity index (χ1n) is 7.47. The van der Waals surface area contributed by atoms with Crippen molar-refractivity contribution in [3.05, 3.63) is 29.6 Å². The van der Waals surface area contributed by atoms with Crippen LogP contribution >= 0.6 is 0 Å². The second-order valence-corrected chi connectivity index (χ2v) is 6.63. The van der Waals surface area contributed by atoms with Gasteiger partial charge in [-0.2, -0.15) is 0 Å². The second-order valence-electron chi connectivity index (χ2n) is 6.63. The maximum absolute atomic E-state index is 4.19. The third-order valence-corrected chi connectivity index (χ3v) is 4.94. The van der Waals surface area contributed by atoms with Crippen LogP contribution in [0.3, 0.4) is 0 Å². The number of hydrogen-bond acceptors (Lipinski definition) is 3. The van der Waals surface area contributed by atoms with Crippen molar-refractivity contribution in [2.24, 2.45) is 5.92 Å². The molecule has 2 atom stereocenters. The molecule has 0 radical (unpaired) electrons. The summed E-state index contributed by atoms with van der Waals surface area (Å²) < 4.78 is 0. The van der Waals surface area contributed by atoms with Gasteiger partial charge in [0.25, 0.3) is 0 Å². The molecule has 1 aromatic heterocycles. The summed E-state index contributed by atoms with van der Waals surface area (Å²) in [5.41, 5.74) is 3.05. The van der Waals surface area contributed by atoms with Gasteiger partial charge in [-0.1, -0.05) is 0 Å². The predicted molar refractivity (Wildman–Crippen MR) is 78.0 cm³/mol. The molecule has 1 N–H and O–H groups in total. The van der Waals surface area contributed by atoms with E-state index >= 15 is 0 Å². The first-order valence-corrected chi connectivity index (χ1v) is 7.47. The van der Waals surface area contributed by atoms with Gasteiger partial charge in [-0.3, -0.25) is 9.88 Å². The summed E-state index contributed by atoms with van der Waals surface area (Å²) in [5, 5.41) is 3.78. The summed E-state index contributed by atoms with van der Waals surface area (Å²) >= 11 is 0. The first-order chi connectivity index (χ1) is 9.08. The molecule has 19 heavy (non-hydrogen) atoms. The third kappa shape index (κ3) is 2.67. The van der Waals surface area contributed by atoms with E-state index in [2.05, 4.69) is 42.0 Å². The van der Waals surface area contributed by atoms with E-state index in [1.165, 1.54) is 30.5 Å². The Morgan fingerprint density at radius 1 is 1.47 bits per heavy atom. The monoisotopic (exact) mass is 259 g/mol. The van der Waals surface area contributed by atoms with E-state index in [1.54, 1.807) is 0 Å². The van der Waals surface area contributed by atoms with Crippen LogP contribution in [0.15, 0.2) is 18.5 Å². The lowest BCUT2D eigenvalue weighted by molar-refractivity contribution is 0.0768. The second kappa shape index (κ2) is 4.88. The summed E-state index contributed by atoms with van der Waals surface area (Å²) in [5.74, 6) is 0.890. The molecule has 3 rings (SSSR count). The van der Waals surface area contributed by atoms with E-state index < -0.39 is 0 Å². The van der Waals surface area contributed by atoms with Crippen LogP contribution in [0.5, 0.6) is 0 Å². The Morgan fingerprint density at radius 2 is 2.26 bits per heavy atom. The number of rotatable bonds is 3. The zero-order valence-electron chi connectivity index (χ0n) is 12.3. The fourth-order valence-corrected chi connectivity index (χ4v) is 3.25. The minimum absolute atomic E-state index is 0.327. The number of pyridine rings is 1. The standard InChI is InChI=1S/C16H25N3/c1-12-8-17-7-6-14(12)10-19-11-16(3,15-4-5-15)18-9-13(19)2/h6-8,13,15,18H,4-5,9-11H2,1-3H3. The Hall–Kier alpha value is -0.930. The van der Waals surface area contributed by atoms with E-state index in [9.17, 15) is 0 Å². The van der Waals surface area contributed by atoms with Crippen molar-refractivity contribution < 1.29 is 0 Å². The summed E-state index contributed by atoms with van der Waals surface area (Å²) in [6, 6.07) is 2.78. The summed E-state index contributed by atoms with van der Waals surface area (Å²) in [6.45, 7) is 10.2. The summed E-state index contributed by atoms with van der Waals surface area (Å²) in [7, 11) is 0. The lowest BCUT2D eigenvalue weighted by Crippen LogP contribution is -2.62. The quantitative estimate of drug-likeness (QED) is 0.903. The molecule has 1 saturated carbocycles. The van der Waals surface area contributed by atoms with Gasteiger partial charge in [0, 0.05) is 43.6 Å². The van der Waals surface area contributed by atoms with Crippen LogP contribution in [0.4, 0.5) is 0 Å². The molecule has 0 amide bonds. The van der Waals surface area contributed by atoms with Crippen molar-refractivity contribution in [2.45, 2.75) is 51.7 Å². The number of nitrogens with one attached hydrogen (secondary N) is 1. The lowest BCUT2D eigenvalue weighted by atomic mass is 9.91. The van der Waals surface area contributed by atoms with Crippen LogP contribution in [0, 0.1) is 12.8 Å². The van der Waals surface area contributed by atoms with E-state index in [0.29, 0.717) is 11.6 Å². The van der Waals surface area contributed by atoms with Gasteiger partial charge >= 0.3 is 0 Å². The molecule has 2 aliphatic rings. The topological polar surface area (TPSA) is 28.2 Å². The molecule has 2 fully saturated rings. The van der Waals surface area contributed by atoms with Gasteiger partial charge in [0.2, 0.25) is 0 Å². The van der Waals surface area contributed by atoms with Gasteiger partial charge in [0.15, 0.2) is 0 Å². The van der Waals surface area contributed by atoms with Gasteiger partial charge in [0.1, 0.15) is 0 Å². The highest BCUT2D eigenvalue weighted by Gasteiger charge is 2.45. The molecular weight excluding hydrogens is 234 g/mol. The third-order valence-electron chi connectivity index (χ3n) is 4.94. The zero-order chi connectivity index (χ0) is 13.5. The molecule has 1 aliphatic carbocycles. The van der Waals surface area contributed by atoms with Gasteiger partial charge < -0.3 is 5.32 Å². The molecule has 3 heteroatoms. The van der Waals surface area contributed by atoms with Crippen molar-refractivity contribution in [2.75, 3.05) is 13.1 Å². The normalized spacial score (nSPS) is 32.5. The molecule has 1 aliphatic heterocycles. The molecule has 0 bridgehead atoms. The molecule has 0 spiro atoms. The van der Waals surface area contributed by atoms with Crippen LogP contribution in [0.2, 0.25) is 0 Å². The predicted octanol–water partition coefficient (Wildman–Crippen LogP) is 2.35. The van der Waals surface area contributed by atoms with Crippen LogP contribution < -0.4 is 5.32 Å². The van der Waals surface area contributed by atoms with Crippen LogP contribution in [-0.2, 0) is 6.54 Å². The maximum atomic E-state index is 4.19. The zero-order valence-corrected chi connectivity index (χ0v) is 12.3. The maximum Gasteiger partial charge on any atom is 0.0309 e. The molecule has 1 aromatic rings. The number of nitrogens with zero attached hydrogens (tertiary/aromatic N) is 2. The van der Waals surface area contributed by atoms with Gasteiger partial charge in [-0.25, -0.2) is 0 Å². The minimum Gasteiger partial charge on any atom is -0.308 e. The van der Waals surface area contributed by atoms with Gasteiger partial charge in [-0.05, 0) is 56.7 Å². The van der Waals surface area contributed by atoms with Crippen molar-refractivity contribution in [3.8, 4) is 0 Å². The largest absolute Gasteiger partial charge is 0.308 e. The van der Waals surface area contributed by atoms with Crippen molar-refractivity contribution >= 4 is 0 Å². The van der Waals surface area contributed by atoms with Gasteiger partial charge in [-0.15, -0.1) is 0 Å². The smallest absolute Gasteiger partial charge is 0.0309 e. The Balaban J connectivity index is 1.73. The van der Waals surface area contributed by atoms with E-state index in [1.807, 2.05) is 12.4 Å². The first kappa shape index (κ1) is 13.1. The SMILES string of the molecule is Cc1cnccc1CN1CC(C)(C2CC2)NCC1C. The van der Waals surface area contributed by atoms with Gasteiger partial charge in [0.05, 0.1) is 0 Å². The molecule has 1 saturated heterocycles. The Morgan fingerprint density at radius 3 is 2.95 bits per heavy atom. The van der Waals surface area contributed by atoms with Crippen molar-refractivity contribution in [1.82, 2.24) is 15.2 Å². The van der Waals surface area contributed by atoms with E-state index in [4.69, 9.17) is 0 Å². The Labute approximate surface area is 116 Å². The van der Waals surface area contributed by atoms with E-state index in [0.717, 1.165) is 19.0 Å². The Kier molecular flexibility index (Phi) is 3.35. The highest BCUT2D eigenvalue weighted by atomic mass is 15.3. The summed E-state index contributed by atoms with van der Waals surface area (Å²) in [4.78, 5) is 6.83. The number of piperazine rings is 1. The molecule has 2 unspecified atom stereocenters. The fourth-order valence-electron chi connectivity index (χ4n) is 3.25. The summed E-state index contributed by atoms with van der Waals surface area (Å²) in [6.07, 6.45) is 6.69. The molecule has 2 heterocycles. The van der Waals surface area contributed by atoms with Crippen LogP contribution in [-0.4, -0.2) is 34.6 Å². The average molecular weight is 259 g/mol. The highest BCUT2D eigenvalue weighted by Crippen LogP contribution is 2.41. The highest BCUT2D eigenvalue weighted by molar-refractivity contribution is 5.22. The number of aromatic nitrogens is 1. The molecule has 0 aromatic carbocycles. The minimum atomic E-state index is 0.327. The number of aryl methyl sites for hydroxylation is 1. The van der Waals surface area contributed by atoms with Crippen LogP contribution in [0.25, 0.3) is 0 Å². The Bertz CT molecular complexity index is 455. The van der Waals surface area contributed by atoms with Crippen LogP contribution in [0.1, 0.15) is 37.8 Å². The van der Waals surface area contributed by atoms with Crippen molar-refractivity contribution in [3.63, 3.8) is 0 Å². The average Bonchev–Trinajstić information content (AvgIpc) is 3.21. The lowest BCUT2D eigenvalue weighted by Gasteiger charge is -2.45. The fraction of sp³-hybridized carbons (Fsp3) is 0.688.